The molecule has 1 heterocycles. The van der Waals surface area contributed by atoms with Gasteiger partial charge in [0.2, 0.25) is 5.91 Å². The van der Waals surface area contributed by atoms with Gasteiger partial charge in [0.25, 0.3) is 0 Å². The molecule has 1 aliphatic heterocycles. The van der Waals surface area contributed by atoms with Crippen molar-refractivity contribution >= 4 is 11.9 Å². The third kappa shape index (κ3) is 4.26. The zero-order chi connectivity index (χ0) is 11.3. The standard InChI is InChI=1S/C9H16N2O4/c1-7-6-11(2-3-15-7)8(12)4-10-5-9(13)14/h7,10H,2-6H2,1H3,(H,13,14). The predicted molar refractivity (Wildman–Crippen MR) is 52.5 cm³/mol. The van der Waals surface area contributed by atoms with E-state index in [2.05, 4.69) is 5.32 Å². The van der Waals surface area contributed by atoms with Crippen LogP contribution < -0.4 is 5.32 Å². The largest absolute Gasteiger partial charge is 0.480 e. The van der Waals surface area contributed by atoms with Gasteiger partial charge in [-0.25, -0.2) is 0 Å². The number of hydrogen-bond acceptors (Lipinski definition) is 4. The van der Waals surface area contributed by atoms with Gasteiger partial charge in [-0.15, -0.1) is 0 Å². The number of hydrogen-bond donors (Lipinski definition) is 2. The van der Waals surface area contributed by atoms with Crippen LogP contribution in [0, 0.1) is 0 Å². The van der Waals surface area contributed by atoms with Crippen LogP contribution in [-0.2, 0) is 14.3 Å². The van der Waals surface area contributed by atoms with E-state index >= 15 is 0 Å². The molecule has 1 atom stereocenters. The van der Waals surface area contributed by atoms with Gasteiger partial charge in [-0.3, -0.25) is 14.9 Å². The van der Waals surface area contributed by atoms with Gasteiger partial charge in [0.05, 0.1) is 25.8 Å². The van der Waals surface area contributed by atoms with Crippen molar-refractivity contribution in [2.45, 2.75) is 13.0 Å². The van der Waals surface area contributed by atoms with Crippen LogP contribution in [-0.4, -0.2) is 60.8 Å². The molecule has 15 heavy (non-hydrogen) atoms. The summed E-state index contributed by atoms with van der Waals surface area (Å²) in [5.41, 5.74) is 0. The molecule has 0 aromatic heterocycles. The molecule has 2 N–H and O–H groups in total. The Bertz CT molecular complexity index is 244. The van der Waals surface area contributed by atoms with Crippen molar-refractivity contribution in [2.24, 2.45) is 0 Å². The zero-order valence-corrected chi connectivity index (χ0v) is 8.73. The summed E-state index contributed by atoms with van der Waals surface area (Å²) in [7, 11) is 0. The lowest BCUT2D eigenvalue weighted by Crippen LogP contribution is -2.48. The molecule has 6 nitrogen and oxygen atoms in total. The third-order valence-corrected chi connectivity index (χ3v) is 2.15. The van der Waals surface area contributed by atoms with Gasteiger partial charge in [0, 0.05) is 13.1 Å². The Kier molecular flexibility index (Phi) is 4.51. The molecule has 1 aliphatic rings. The Hall–Kier alpha value is -1.14. The van der Waals surface area contributed by atoms with E-state index in [1.807, 2.05) is 6.92 Å². The first-order valence-corrected chi connectivity index (χ1v) is 4.91. The molecular formula is C9H16N2O4. The summed E-state index contributed by atoms with van der Waals surface area (Å²) >= 11 is 0. The molecule has 1 saturated heterocycles. The van der Waals surface area contributed by atoms with Crippen LogP contribution in [0.1, 0.15) is 6.92 Å². The Morgan fingerprint density at radius 3 is 2.87 bits per heavy atom. The molecule has 0 aromatic carbocycles. The van der Waals surface area contributed by atoms with E-state index < -0.39 is 5.97 Å². The number of aliphatic carboxylic acids is 1. The smallest absolute Gasteiger partial charge is 0.317 e. The van der Waals surface area contributed by atoms with E-state index in [-0.39, 0.29) is 25.1 Å². The van der Waals surface area contributed by atoms with Crippen molar-refractivity contribution in [1.29, 1.82) is 0 Å². The fourth-order valence-electron chi connectivity index (χ4n) is 1.43. The number of carbonyl (C=O) groups is 2. The summed E-state index contributed by atoms with van der Waals surface area (Å²) in [6, 6.07) is 0. The number of amides is 1. The molecule has 0 spiro atoms. The van der Waals surface area contributed by atoms with Gasteiger partial charge in [-0.2, -0.15) is 0 Å². The van der Waals surface area contributed by atoms with E-state index in [0.29, 0.717) is 19.7 Å². The molecule has 0 aliphatic carbocycles. The first-order valence-electron chi connectivity index (χ1n) is 4.91. The van der Waals surface area contributed by atoms with Gasteiger partial charge in [0.15, 0.2) is 0 Å². The van der Waals surface area contributed by atoms with Crippen molar-refractivity contribution in [3.8, 4) is 0 Å². The Morgan fingerprint density at radius 1 is 1.53 bits per heavy atom. The average Bonchev–Trinajstić information content (AvgIpc) is 2.17. The summed E-state index contributed by atoms with van der Waals surface area (Å²) in [4.78, 5) is 23.4. The van der Waals surface area contributed by atoms with Gasteiger partial charge in [-0.05, 0) is 6.92 Å². The SMILES string of the molecule is CC1CN(C(=O)CNCC(=O)O)CCO1. The van der Waals surface area contributed by atoms with Crippen LogP contribution in [0.2, 0.25) is 0 Å². The maximum Gasteiger partial charge on any atom is 0.317 e. The molecule has 0 radical (unpaired) electrons. The van der Waals surface area contributed by atoms with E-state index in [4.69, 9.17) is 9.84 Å². The van der Waals surface area contributed by atoms with E-state index in [0.717, 1.165) is 0 Å². The number of morpholine rings is 1. The second-order valence-corrected chi connectivity index (χ2v) is 3.52. The molecule has 86 valence electrons. The minimum absolute atomic E-state index is 0.0576. The highest BCUT2D eigenvalue weighted by Gasteiger charge is 2.20. The van der Waals surface area contributed by atoms with Crippen LogP contribution in [0.15, 0.2) is 0 Å². The molecule has 6 heteroatoms. The molecular weight excluding hydrogens is 200 g/mol. The summed E-state index contributed by atoms with van der Waals surface area (Å²) in [5.74, 6) is -1.04. The lowest BCUT2D eigenvalue weighted by atomic mass is 10.3. The molecule has 1 unspecified atom stereocenters. The van der Waals surface area contributed by atoms with Crippen LogP contribution in [0.3, 0.4) is 0 Å². The minimum Gasteiger partial charge on any atom is -0.480 e. The minimum atomic E-state index is -0.960. The quantitative estimate of drug-likeness (QED) is 0.624. The summed E-state index contributed by atoms with van der Waals surface area (Å²) in [5, 5.41) is 10.9. The van der Waals surface area contributed by atoms with E-state index in [1.54, 1.807) is 4.90 Å². The Balaban J connectivity index is 2.24. The zero-order valence-electron chi connectivity index (χ0n) is 8.73. The topological polar surface area (TPSA) is 78.9 Å². The second-order valence-electron chi connectivity index (χ2n) is 3.52. The fraction of sp³-hybridized carbons (Fsp3) is 0.778. The number of rotatable bonds is 4. The first-order chi connectivity index (χ1) is 7.09. The van der Waals surface area contributed by atoms with Gasteiger partial charge in [0.1, 0.15) is 0 Å². The number of ether oxygens (including phenoxy) is 1. The Morgan fingerprint density at radius 2 is 2.27 bits per heavy atom. The number of nitrogens with zero attached hydrogens (tertiary/aromatic N) is 1. The summed E-state index contributed by atoms with van der Waals surface area (Å²) in [6.07, 6.45) is 0.0576. The van der Waals surface area contributed by atoms with Gasteiger partial charge < -0.3 is 14.7 Å². The second kappa shape index (κ2) is 5.67. The number of carboxylic acid groups (broad SMARTS) is 1. The number of nitrogens with one attached hydrogen (secondary N) is 1. The van der Waals surface area contributed by atoms with E-state index in [9.17, 15) is 9.59 Å². The number of carbonyl (C=O) groups excluding carboxylic acids is 1. The van der Waals surface area contributed by atoms with E-state index in [1.165, 1.54) is 0 Å². The highest BCUT2D eigenvalue weighted by Crippen LogP contribution is 2.03. The van der Waals surface area contributed by atoms with Crippen molar-refractivity contribution in [3.05, 3.63) is 0 Å². The molecule has 1 rings (SSSR count). The first kappa shape index (κ1) is 11.9. The summed E-state index contributed by atoms with van der Waals surface area (Å²) in [6.45, 7) is 3.49. The maximum atomic E-state index is 11.5. The van der Waals surface area contributed by atoms with Crippen LogP contribution in [0.5, 0.6) is 0 Å². The summed E-state index contributed by atoms with van der Waals surface area (Å²) < 4.78 is 5.29. The fourth-order valence-corrected chi connectivity index (χ4v) is 1.43. The molecule has 0 saturated carbocycles. The number of carboxylic acids is 1. The lowest BCUT2D eigenvalue weighted by Gasteiger charge is -2.31. The third-order valence-electron chi connectivity index (χ3n) is 2.15. The molecule has 1 amide bonds. The van der Waals surface area contributed by atoms with Gasteiger partial charge >= 0.3 is 5.97 Å². The molecule has 1 fully saturated rings. The normalized spacial score (nSPS) is 21.4. The van der Waals surface area contributed by atoms with Crippen molar-refractivity contribution in [1.82, 2.24) is 10.2 Å². The van der Waals surface area contributed by atoms with Crippen LogP contribution >= 0.6 is 0 Å². The highest BCUT2D eigenvalue weighted by molar-refractivity contribution is 5.79. The maximum absolute atomic E-state index is 11.5. The lowest BCUT2D eigenvalue weighted by molar-refractivity contribution is -0.138. The van der Waals surface area contributed by atoms with Crippen molar-refractivity contribution in [3.63, 3.8) is 0 Å². The van der Waals surface area contributed by atoms with Crippen LogP contribution in [0.4, 0.5) is 0 Å². The predicted octanol–water partition coefficient (Wildman–Crippen LogP) is -1.09. The van der Waals surface area contributed by atoms with Crippen molar-refractivity contribution < 1.29 is 19.4 Å². The average molecular weight is 216 g/mol. The molecule has 0 aromatic rings. The van der Waals surface area contributed by atoms with Crippen molar-refractivity contribution in [2.75, 3.05) is 32.8 Å². The monoisotopic (exact) mass is 216 g/mol. The van der Waals surface area contributed by atoms with Gasteiger partial charge in [-0.1, -0.05) is 0 Å². The Labute approximate surface area is 88.2 Å². The van der Waals surface area contributed by atoms with Crippen LogP contribution in [0.25, 0.3) is 0 Å². The molecule has 0 bridgehead atoms. The highest BCUT2D eigenvalue weighted by atomic mass is 16.5.